The summed E-state index contributed by atoms with van der Waals surface area (Å²) in [5, 5.41) is 27.2. The Balaban J connectivity index is 1.80. The van der Waals surface area contributed by atoms with E-state index in [2.05, 4.69) is 20.9 Å². The van der Waals surface area contributed by atoms with Crippen LogP contribution in [0.15, 0.2) is 60.8 Å². The molecule has 0 bridgehead atoms. The molecule has 0 radical (unpaired) electrons. The number of carbonyl (C=O) groups excluding carboxylic acids is 3. The Labute approximate surface area is 213 Å². The number of para-hydroxylation sites is 1. The predicted molar refractivity (Wildman–Crippen MR) is 136 cm³/mol. The van der Waals surface area contributed by atoms with Crippen LogP contribution in [0.2, 0.25) is 0 Å². The molecule has 4 atom stereocenters. The maximum Gasteiger partial charge on any atom is 0.326 e. The number of nitrogens with one attached hydrogen (secondary N) is 4. The van der Waals surface area contributed by atoms with Crippen LogP contribution in [0.5, 0.6) is 0 Å². The van der Waals surface area contributed by atoms with Gasteiger partial charge in [-0.2, -0.15) is 0 Å². The van der Waals surface area contributed by atoms with Crippen molar-refractivity contribution in [3.05, 3.63) is 71.9 Å². The number of aromatic nitrogens is 1. The van der Waals surface area contributed by atoms with Crippen LogP contribution in [0.3, 0.4) is 0 Å². The number of carboxylic acid groups (broad SMARTS) is 1. The monoisotopic (exact) mass is 509 g/mol. The number of aliphatic hydroxyl groups excluding tert-OH is 1. The molecule has 3 aromatic rings. The van der Waals surface area contributed by atoms with Crippen LogP contribution in [-0.2, 0) is 32.0 Å². The number of fused-ring (bicyclic) bond motifs is 1. The van der Waals surface area contributed by atoms with E-state index in [0.717, 1.165) is 22.0 Å². The number of aliphatic carboxylic acids is 1. The zero-order valence-corrected chi connectivity index (χ0v) is 20.3. The molecule has 1 aromatic heterocycles. The lowest BCUT2D eigenvalue weighted by Crippen LogP contribution is -2.57. The quantitative estimate of drug-likeness (QED) is 0.177. The second-order valence-electron chi connectivity index (χ2n) is 8.73. The van der Waals surface area contributed by atoms with Gasteiger partial charge in [-0.3, -0.25) is 14.4 Å². The van der Waals surface area contributed by atoms with Gasteiger partial charge in [-0.1, -0.05) is 48.5 Å². The summed E-state index contributed by atoms with van der Waals surface area (Å²) in [5.41, 5.74) is 7.80. The number of amides is 3. The third-order valence-corrected chi connectivity index (χ3v) is 5.91. The molecule has 3 amide bonds. The van der Waals surface area contributed by atoms with Crippen molar-refractivity contribution in [2.45, 2.75) is 43.9 Å². The Morgan fingerprint density at radius 3 is 2.19 bits per heavy atom. The van der Waals surface area contributed by atoms with Crippen molar-refractivity contribution < 1.29 is 29.4 Å². The van der Waals surface area contributed by atoms with Gasteiger partial charge in [0.25, 0.3) is 0 Å². The largest absolute Gasteiger partial charge is 0.480 e. The van der Waals surface area contributed by atoms with Gasteiger partial charge in [-0.15, -0.1) is 0 Å². The molecular weight excluding hydrogens is 478 g/mol. The number of aliphatic hydroxyl groups is 1. The van der Waals surface area contributed by atoms with Crippen molar-refractivity contribution in [2.24, 2.45) is 5.73 Å². The van der Waals surface area contributed by atoms with Gasteiger partial charge in [0, 0.05) is 29.9 Å². The fourth-order valence-electron chi connectivity index (χ4n) is 3.82. The van der Waals surface area contributed by atoms with E-state index in [0.29, 0.717) is 0 Å². The Morgan fingerprint density at radius 2 is 1.51 bits per heavy atom. The van der Waals surface area contributed by atoms with Crippen LogP contribution in [-0.4, -0.2) is 69.7 Å². The number of H-pyrrole nitrogens is 1. The Hall–Kier alpha value is -4.22. The van der Waals surface area contributed by atoms with Gasteiger partial charge in [0.05, 0.1) is 6.61 Å². The molecule has 11 nitrogen and oxygen atoms in total. The van der Waals surface area contributed by atoms with E-state index in [4.69, 9.17) is 10.8 Å². The van der Waals surface area contributed by atoms with Gasteiger partial charge >= 0.3 is 5.97 Å². The number of nitrogens with two attached hydrogens (primary N) is 1. The fourth-order valence-corrected chi connectivity index (χ4v) is 3.82. The fraction of sp³-hybridized carbons (Fsp3) is 0.308. The van der Waals surface area contributed by atoms with Gasteiger partial charge in [-0.25, -0.2) is 4.79 Å². The molecule has 196 valence electrons. The molecule has 4 unspecified atom stereocenters. The molecule has 0 aliphatic rings. The number of aromatic amines is 1. The molecular formula is C26H31N5O6. The molecule has 2 aromatic carbocycles. The number of hydrogen-bond acceptors (Lipinski definition) is 6. The minimum atomic E-state index is -1.23. The van der Waals surface area contributed by atoms with Gasteiger partial charge < -0.3 is 36.9 Å². The first-order valence-electron chi connectivity index (χ1n) is 11.8. The number of carboxylic acids is 1. The number of hydrogen-bond donors (Lipinski definition) is 7. The SMILES string of the molecule is CC(NC(=O)C(N)CO)C(=O)NC(Cc1c[nH]c2ccccc12)C(=O)NC(Cc1ccccc1)C(=O)O. The smallest absolute Gasteiger partial charge is 0.326 e. The molecule has 1 heterocycles. The van der Waals surface area contributed by atoms with Crippen LogP contribution in [0, 0.1) is 0 Å². The highest BCUT2D eigenvalue weighted by molar-refractivity contribution is 5.94. The second-order valence-corrected chi connectivity index (χ2v) is 8.73. The van der Waals surface area contributed by atoms with Gasteiger partial charge in [-0.05, 0) is 24.1 Å². The first-order chi connectivity index (χ1) is 17.7. The third-order valence-electron chi connectivity index (χ3n) is 5.91. The van der Waals surface area contributed by atoms with E-state index in [1.807, 2.05) is 24.3 Å². The average molecular weight is 510 g/mol. The van der Waals surface area contributed by atoms with Gasteiger partial charge in [0.1, 0.15) is 24.2 Å². The van der Waals surface area contributed by atoms with Gasteiger partial charge in [0.15, 0.2) is 0 Å². The highest BCUT2D eigenvalue weighted by atomic mass is 16.4. The van der Waals surface area contributed by atoms with Crippen LogP contribution in [0.25, 0.3) is 10.9 Å². The van der Waals surface area contributed by atoms with Crippen LogP contribution in [0.1, 0.15) is 18.1 Å². The first-order valence-corrected chi connectivity index (χ1v) is 11.8. The Kier molecular flexibility index (Phi) is 9.36. The van der Waals surface area contributed by atoms with Gasteiger partial charge in [0.2, 0.25) is 17.7 Å². The number of benzene rings is 2. The van der Waals surface area contributed by atoms with E-state index < -0.39 is 54.5 Å². The van der Waals surface area contributed by atoms with Crippen molar-refractivity contribution in [3.8, 4) is 0 Å². The molecule has 0 saturated carbocycles. The second kappa shape index (κ2) is 12.7. The lowest BCUT2D eigenvalue weighted by atomic mass is 10.0. The van der Waals surface area contributed by atoms with Crippen molar-refractivity contribution in [1.29, 1.82) is 0 Å². The van der Waals surface area contributed by atoms with Crippen LogP contribution >= 0.6 is 0 Å². The zero-order valence-electron chi connectivity index (χ0n) is 20.3. The summed E-state index contributed by atoms with van der Waals surface area (Å²) < 4.78 is 0. The molecule has 11 heteroatoms. The van der Waals surface area contributed by atoms with E-state index in [-0.39, 0.29) is 12.8 Å². The summed E-state index contributed by atoms with van der Waals surface area (Å²) in [5.74, 6) is -3.30. The molecule has 37 heavy (non-hydrogen) atoms. The highest BCUT2D eigenvalue weighted by Crippen LogP contribution is 2.19. The Morgan fingerprint density at radius 1 is 0.865 bits per heavy atom. The van der Waals surface area contributed by atoms with E-state index >= 15 is 0 Å². The molecule has 0 saturated heterocycles. The summed E-state index contributed by atoms with van der Waals surface area (Å²) in [6.07, 6.45) is 1.85. The zero-order chi connectivity index (χ0) is 26.9. The topological polar surface area (TPSA) is 187 Å². The highest BCUT2D eigenvalue weighted by Gasteiger charge is 2.29. The first kappa shape index (κ1) is 27.4. The van der Waals surface area contributed by atoms with Crippen molar-refractivity contribution in [1.82, 2.24) is 20.9 Å². The van der Waals surface area contributed by atoms with Crippen molar-refractivity contribution in [2.75, 3.05) is 6.61 Å². The minimum absolute atomic E-state index is 0.0567. The molecule has 0 aliphatic heterocycles. The lowest BCUT2D eigenvalue weighted by molar-refractivity contribution is -0.142. The summed E-state index contributed by atoms with van der Waals surface area (Å²) in [7, 11) is 0. The molecule has 0 spiro atoms. The summed E-state index contributed by atoms with van der Waals surface area (Å²) in [6, 6.07) is 11.7. The number of rotatable bonds is 12. The maximum atomic E-state index is 13.3. The Bertz CT molecular complexity index is 1240. The lowest BCUT2D eigenvalue weighted by Gasteiger charge is -2.24. The standard InChI is InChI=1S/C26H31N5O6/c1-15(29-24(34)19(27)14-32)23(33)30-21(12-17-13-28-20-10-6-5-9-18(17)20)25(35)31-22(26(36)37)11-16-7-3-2-4-8-16/h2-10,13,15,19,21-22,28,32H,11-12,14,27H2,1H3,(H,29,34)(H,30,33)(H,31,35)(H,36,37). The molecule has 3 rings (SSSR count). The normalized spacial score (nSPS) is 14.2. The predicted octanol–water partition coefficient (Wildman–Crippen LogP) is -0.168. The average Bonchev–Trinajstić information content (AvgIpc) is 3.30. The molecule has 0 aliphatic carbocycles. The maximum absolute atomic E-state index is 13.3. The third kappa shape index (κ3) is 7.38. The summed E-state index contributed by atoms with van der Waals surface area (Å²) >= 11 is 0. The summed E-state index contributed by atoms with van der Waals surface area (Å²) in [6.45, 7) is 0.817. The summed E-state index contributed by atoms with van der Waals surface area (Å²) in [4.78, 5) is 53.2. The van der Waals surface area contributed by atoms with E-state index in [1.54, 1.807) is 36.5 Å². The molecule has 8 N–H and O–H groups in total. The van der Waals surface area contributed by atoms with E-state index in [1.165, 1.54) is 6.92 Å². The van der Waals surface area contributed by atoms with Crippen molar-refractivity contribution in [3.63, 3.8) is 0 Å². The minimum Gasteiger partial charge on any atom is -0.480 e. The van der Waals surface area contributed by atoms with Crippen LogP contribution < -0.4 is 21.7 Å². The number of carbonyl (C=O) groups is 4. The van der Waals surface area contributed by atoms with Crippen molar-refractivity contribution >= 4 is 34.6 Å². The van der Waals surface area contributed by atoms with E-state index in [9.17, 15) is 24.3 Å². The molecule has 0 fully saturated rings. The van der Waals surface area contributed by atoms with Crippen LogP contribution in [0.4, 0.5) is 0 Å².